The second-order valence-corrected chi connectivity index (χ2v) is 7.71. The minimum Gasteiger partial charge on any atom is -0.495 e. The molecule has 3 aromatic rings. The van der Waals surface area contributed by atoms with Crippen LogP contribution in [0.5, 0.6) is 5.75 Å². The Morgan fingerprint density at radius 1 is 0.857 bits per heavy atom. The third-order valence-corrected chi connectivity index (χ3v) is 5.08. The molecule has 0 spiro atoms. The van der Waals surface area contributed by atoms with Crippen LogP contribution >= 0.6 is 23.2 Å². The number of halogens is 4. The summed E-state index contributed by atoms with van der Waals surface area (Å²) in [6.07, 6.45) is -0.822. The molecule has 8 nitrogen and oxygen atoms in total. The second kappa shape index (κ2) is 11.5. The molecule has 0 radical (unpaired) electrons. The number of methoxy groups -OCH3 is 1. The Balaban J connectivity index is 1.58. The van der Waals surface area contributed by atoms with Gasteiger partial charge in [-0.2, -0.15) is 0 Å². The van der Waals surface area contributed by atoms with Crippen molar-refractivity contribution in [2.24, 2.45) is 0 Å². The van der Waals surface area contributed by atoms with Crippen molar-refractivity contribution in [3.8, 4) is 5.75 Å². The van der Waals surface area contributed by atoms with E-state index < -0.39 is 29.7 Å². The Bertz CT molecular complexity index is 1290. The van der Waals surface area contributed by atoms with E-state index in [0.717, 1.165) is 30.3 Å². The van der Waals surface area contributed by atoms with Gasteiger partial charge in [0.2, 0.25) is 0 Å². The Kier molecular flexibility index (Phi) is 8.45. The molecule has 0 aliphatic heterocycles. The maximum atomic E-state index is 13.1. The van der Waals surface area contributed by atoms with Gasteiger partial charge in [-0.05, 0) is 54.1 Å². The fourth-order valence-corrected chi connectivity index (χ4v) is 3.28. The van der Waals surface area contributed by atoms with E-state index >= 15 is 0 Å². The molecule has 182 valence electrons. The Morgan fingerprint density at radius 3 is 2.17 bits per heavy atom. The van der Waals surface area contributed by atoms with Gasteiger partial charge in [0.15, 0.2) is 0 Å². The lowest BCUT2D eigenvalue weighted by Gasteiger charge is -2.13. The zero-order valence-corrected chi connectivity index (χ0v) is 19.5. The summed E-state index contributed by atoms with van der Waals surface area (Å²) in [7, 11) is 1.36. The number of amides is 4. The van der Waals surface area contributed by atoms with E-state index in [-0.39, 0.29) is 39.3 Å². The van der Waals surface area contributed by atoms with E-state index in [1.165, 1.54) is 25.3 Å². The lowest BCUT2D eigenvalue weighted by Crippen LogP contribution is -2.34. The highest BCUT2D eigenvalue weighted by Gasteiger charge is 2.16. The molecule has 0 aromatic heterocycles. The average Bonchev–Trinajstić information content (AvgIpc) is 2.80. The number of ether oxygens (including phenoxy) is 2. The molecule has 3 rings (SSSR count). The fourth-order valence-electron chi connectivity index (χ4n) is 2.81. The first kappa shape index (κ1) is 25.7. The topological polar surface area (TPSA) is 106 Å². The molecule has 0 unspecified atom stereocenters. The van der Waals surface area contributed by atoms with Gasteiger partial charge in [-0.1, -0.05) is 29.3 Å². The van der Waals surface area contributed by atoms with E-state index in [9.17, 15) is 23.2 Å². The number of anilines is 2. The van der Waals surface area contributed by atoms with Crippen LogP contribution < -0.4 is 20.7 Å². The molecule has 0 aliphatic rings. The van der Waals surface area contributed by atoms with Gasteiger partial charge < -0.3 is 14.8 Å². The van der Waals surface area contributed by atoms with Crippen molar-refractivity contribution in [3.05, 3.63) is 87.4 Å². The summed E-state index contributed by atoms with van der Waals surface area (Å²) in [5, 5.41) is 6.78. The van der Waals surface area contributed by atoms with Crippen LogP contribution in [0.2, 0.25) is 10.0 Å². The predicted octanol–water partition coefficient (Wildman–Crippen LogP) is 5.99. The van der Waals surface area contributed by atoms with Gasteiger partial charge in [0.1, 0.15) is 24.0 Å². The highest BCUT2D eigenvalue weighted by molar-refractivity contribution is 6.34. The normalized spacial score (nSPS) is 10.3. The summed E-state index contributed by atoms with van der Waals surface area (Å²) in [6, 6.07) is 10.3. The van der Waals surface area contributed by atoms with Crippen molar-refractivity contribution in [2.45, 2.75) is 6.61 Å². The summed E-state index contributed by atoms with van der Waals surface area (Å²) < 4.78 is 36.6. The van der Waals surface area contributed by atoms with Crippen LogP contribution in [-0.2, 0) is 11.3 Å². The summed E-state index contributed by atoms with van der Waals surface area (Å²) in [5.74, 6) is -1.78. The molecule has 3 aromatic carbocycles. The number of urea groups is 1. The summed E-state index contributed by atoms with van der Waals surface area (Å²) in [4.78, 5) is 36.5. The third kappa shape index (κ3) is 7.05. The minimum atomic E-state index is -0.881. The van der Waals surface area contributed by atoms with Gasteiger partial charge >= 0.3 is 12.1 Å². The maximum Gasteiger partial charge on any atom is 0.412 e. The largest absolute Gasteiger partial charge is 0.495 e. The third-order valence-electron chi connectivity index (χ3n) is 4.45. The summed E-state index contributed by atoms with van der Waals surface area (Å²) in [5.41, 5.74) is 0.831. The fraction of sp³-hybridized carbons (Fsp3) is 0.0870. The average molecular weight is 524 g/mol. The van der Waals surface area contributed by atoms with Crippen molar-refractivity contribution in [3.63, 3.8) is 0 Å². The van der Waals surface area contributed by atoms with Crippen LogP contribution in [0.3, 0.4) is 0 Å². The molecular weight excluding hydrogens is 507 g/mol. The van der Waals surface area contributed by atoms with Gasteiger partial charge in [-0.15, -0.1) is 0 Å². The molecule has 0 heterocycles. The molecule has 0 saturated carbocycles. The number of benzene rings is 3. The Labute approximate surface area is 208 Å². The smallest absolute Gasteiger partial charge is 0.412 e. The number of carbonyl (C=O) groups excluding carboxylic acids is 3. The van der Waals surface area contributed by atoms with E-state index in [0.29, 0.717) is 5.56 Å². The van der Waals surface area contributed by atoms with Gasteiger partial charge in [-0.25, -0.2) is 18.4 Å². The maximum absolute atomic E-state index is 13.1. The van der Waals surface area contributed by atoms with Crippen molar-refractivity contribution in [1.29, 1.82) is 0 Å². The first-order valence-electron chi connectivity index (χ1n) is 9.79. The molecule has 12 heteroatoms. The van der Waals surface area contributed by atoms with E-state index in [1.807, 2.05) is 0 Å². The SMILES string of the molecule is COc1cc(COC(=O)Nc2ccc(F)cc2Cl)ccc1NC(=O)NC(=O)c1ccc(F)cc1Cl. The molecule has 35 heavy (non-hydrogen) atoms. The van der Waals surface area contributed by atoms with Gasteiger partial charge in [0, 0.05) is 0 Å². The first-order valence-corrected chi connectivity index (χ1v) is 10.5. The number of carbonyl (C=O) groups is 3. The Hall–Kier alpha value is -3.89. The van der Waals surface area contributed by atoms with Gasteiger partial charge in [0.05, 0.1) is 34.1 Å². The molecular formula is C23H17Cl2F2N3O5. The van der Waals surface area contributed by atoms with Crippen LogP contribution in [0.4, 0.5) is 29.7 Å². The van der Waals surface area contributed by atoms with Gasteiger partial charge in [-0.3, -0.25) is 15.4 Å². The lowest BCUT2D eigenvalue weighted by atomic mass is 10.2. The molecule has 0 saturated heterocycles. The second-order valence-electron chi connectivity index (χ2n) is 6.89. The number of hydrogen-bond donors (Lipinski definition) is 3. The molecule has 0 bridgehead atoms. The highest BCUT2D eigenvalue weighted by Crippen LogP contribution is 2.27. The number of hydrogen-bond acceptors (Lipinski definition) is 5. The quantitative estimate of drug-likeness (QED) is 0.368. The number of imide groups is 1. The van der Waals surface area contributed by atoms with Crippen molar-refractivity contribution >= 4 is 52.6 Å². The van der Waals surface area contributed by atoms with Crippen LogP contribution in [0, 0.1) is 11.6 Å². The number of nitrogens with one attached hydrogen (secondary N) is 3. The van der Waals surface area contributed by atoms with Crippen molar-refractivity contribution < 1.29 is 32.6 Å². The molecule has 4 amide bonds. The molecule has 0 atom stereocenters. The van der Waals surface area contributed by atoms with Crippen molar-refractivity contribution in [2.75, 3.05) is 17.7 Å². The van der Waals surface area contributed by atoms with Gasteiger partial charge in [0.25, 0.3) is 5.91 Å². The van der Waals surface area contributed by atoms with E-state index in [2.05, 4.69) is 16.0 Å². The highest BCUT2D eigenvalue weighted by atomic mass is 35.5. The van der Waals surface area contributed by atoms with Crippen LogP contribution in [0.25, 0.3) is 0 Å². The zero-order chi connectivity index (χ0) is 25.5. The molecule has 3 N–H and O–H groups in total. The predicted molar refractivity (Wildman–Crippen MR) is 126 cm³/mol. The minimum absolute atomic E-state index is 0.0116. The van der Waals surface area contributed by atoms with Crippen molar-refractivity contribution in [1.82, 2.24) is 5.32 Å². The Morgan fingerprint density at radius 2 is 1.51 bits per heavy atom. The summed E-state index contributed by atoms with van der Waals surface area (Å²) >= 11 is 11.7. The molecule has 0 fully saturated rings. The zero-order valence-electron chi connectivity index (χ0n) is 18.0. The standard InChI is InChI=1S/C23H17Cl2F2N3O5/c1-34-20-8-12(11-35-23(33)29-18-7-4-14(27)10-17(18)25)2-6-19(20)28-22(32)30-21(31)15-5-3-13(26)9-16(15)24/h2-10H,11H2,1H3,(H,29,33)(H2,28,30,31,32). The number of rotatable bonds is 6. The monoisotopic (exact) mass is 523 g/mol. The van der Waals surface area contributed by atoms with Crippen LogP contribution in [-0.4, -0.2) is 25.1 Å². The molecule has 0 aliphatic carbocycles. The lowest BCUT2D eigenvalue weighted by molar-refractivity contribution is 0.0967. The van der Waals surface area contributed by atoms with Crippen LogP contribution in [0.15, 0.2) is 54.6 Å². The van der Waals surface area contributed by atoms with E-state index in [1.54, 1.807) is 6.07 Å². The first-order chi connectivity index (χ1) is 16.7. The van der Waals surface area contributed by atoms with Crippen LogP contribution in [0.1, 0.15) is 15.9 Å². The van der Waals surface area contributed by atoms with E-state index in [4.69, 9.17) is 32.7 Å². The summed E-state index contributed by atoms with van der Waals surface area (Å²) in [6.45, 7) is -0.158.